The van der Waals surface area contributed by atoms with Crippen LogP contribution in [0.4, 0.5) is 10.1 Å². The molecule has 0 atom stereocenters. The Morgan fingerprint density at radius 2 is 2.19 bits per heavy atom. The Hall–Kier alpha value is -1.55. The van der Waals surface area contributed by atoms with E-state index in [0.29, 0.717) is 5.69 Å². The maximum atomic E-state index is 12.8. The lowest BCUT2D eigenvalue weighted by molar-refractivity contribution is 0.627. The lowest BCUT2D eigenvalue weighted by Crippen LogP contribution is -1.90. The van der Waals surface area contributed by atoms with Gasteiger partial charge in [0.1, 0.15) is 5.82 Å². The van der Waals surface area contributed by atoms with E-state index in [1.54, 1.807) is 24.0 Å². The summed E-state index contributed by atoms with van der Waals surface area (Å²) in [7, 11) is 0. The van der Waals surface area contributed by atoms with Crippen molar-refractivity contribution in [1.82, 2.24) is 4.98 Å². The predicted molar refractivity (Wildman–Crippen MR) is 64.6 cm³/mol. The van der Waals surface area contributed by atoms with Crippen LogP contribution in [0.15, 0.2) is 47.6 Å². The Morgan fingerprint density at radius 3 is 2.88 bits per heavy atom. The van der Waals surface area contributed by atoms with E-state index in [9.17, 15) is 4.39 Å². The number of hydrogen-bond donors (Lipinski definition) is 1. The summed E-state index contributed by atoms with van der Waals surface area (Å²) in [5.74, 6) is 0.479. The minimum Gasteiger partial charge on any atom is -0.398 e. The normalized spacial score (nSPS) is 10.3. The average molecular weight is 234 g/mol. The fourth-order valence-electron chi connectivity index (χ4n) is 1.30. The van der Waals surface area contributed by atoms with Crippen molar-refractivity contribution < 1.29 is 4.39 Å². The summed E-state index contributed by atoms with van der Waals surface area (Å²) in [6.45, 7) is 0. The van der Waals surface area contributed by atoms with Gasteiger partial charge in [-0.3, -0.25) is 4.98 Å². The minimum absolute atomic E-state index is 0.303. The fraction of sp³-hybridized carbons (Fsp3) is 0.0833. The molecular weight excluding hydrogens is 223 g/mol. The number of rotatable bonds is 3. The molecular formula is C12H11FN2S. The second kappa shape index (κ2) is 4.99. The molecule has 0 aliphatic heterocycles. The van der Waals surface area contributed by atoms with Gasteiger partial charge >= 0.3 is 0 Å². The van der Waals surface area contributed by atoms with E-state index in [1.165, 1.54) is 12.1 Å². The Morgan fingerprint density at radius 1 is 1.31 bits per heavy atom. The van der Waals surface area contributed by atoms with E-state index < -0.39 is 0 Å². The van der Waals surface area contributed by atoms with Crippen molar-refractivity contribution >= 4 is 17.4 Å². The second-order valence-corrected chi connectivity index (χ2v) is 4.35. The number of halogens is 1. The number of pyridine rings is 1. The van der Waals surface area contributed by atoms with Gasteiger partial charge in [-0.1, -0.05) is 6.07 Å². The predicted octanol–water partition coefficient (Wildman–Crippen LogP) is 3.10. The van der Waals surface area contributed by atoms with Crippen LogP contribution >= 0.6 is 11.8 Å². The number of nitrogens with zero attached hydrogens (tertiary/aromatic N) is 1. The number of thioether (sulfide) groups is 1. The average Bonchev–Trinajstić information content (AvgIpc) is 2.29. The topological polar surface area (TPSA) is 38.9 Å². The highest BCUT2D eigenvalue weighted by Gasteiger charge is 2.02. The van der Waals surface area contributed by atoms with E-state index in [1.807, 2.05) is 18.3 Å². The van der Waals surface area contributed by atoms with Crippen LogP contribution in [0.1, 0.15) is 5.56 Å². The molecule has 1 aromatic heterocycles. The number of anilines is 1. The van der Waals surface area contributed by atoms with Crippen LogP contribution in [0.5, 0.6) is 0 Å². The number of nitrogen functional groups attached to an aromatic ring is 1. The summed E-state index contributed by atoms with van der Waals surface area (Å²) in [6, 6.07) is 8.35. The Balaban J connectivity index is 2.05. The van der Waals surface area contributed by atoms with Gasteiger partial charge in [0, 0.05) is 28.7 Å². The van der Waals surface area contributed by atoms with E-state index in [4.69, 9.17) is 5.73 Å². The molecule has 4 heteroatoms. The smallest absolute Gasteiger partial charge is 0.125 e. The van der Waals surface area contributed by atoms with Crippen molar-refractivity contribution in [3.8, 4) is 0 Å². The summed E-state index contributed by atoms with van der Waals surface area (Å²) in [4.78, 5) is 4.92. The molecule has 0 saturated carbocycles. The van der Waals surface area contributed by atoms with E-state index in [0.717, 1.165) is 16.2 Å². The Labute approximate surface area is 97.7 Å². The van der Waals surface area contributed by atoms with E-state index in [-0.39, 0.29) is 5.82 Å². The Bertz CT molecular complexity index is 474. The first-order chi connectivity index (χ1) is 7.75. The summed E-state index contributed by atoms with van der Waals surface area (Å²) in [5, 5.41) is 0. The maximum Gasteiger partial charge on any atom is 0.125 e. The van der Waals surface area contributed by atoms with Crippen molar-refractivity contribution in [2.24, 2.45) is 0 Å². The molecule has 1 heterocycles. The van der Waals surface area contributed by atoms with Crippen molar-refractivity contribution in [2.75, 3.05) is 5.73 Å². The first-order valence-electron chi connectivity index (χ1n) is 4.82. The van der Waals surface area contributed by atoms with Crippen LogP contribution in [0.3, 0.4) is 0 Å². The monoisotopic (exact) mass is 234 g/mol. The number of aromatic nitrogens is 1. The molecule has 16 heavy (non-hydrogen) atoms. The molecule has 2 N–H and O–H groups in total. The zero-order valence-electron chi connectivity index (χ0n) is 8.56. The number of benzene rings is 1. The first-order valence-corrected chi connectivity index (χ1v) is 5.81. The molecule has 2 aromatic rings. The number of nitrogens with two attached hydrogens (primary N) is 1. The molecule has 2 nitrogen and oxygen atoms in total. The molecule has 0 spiro atoms. The van der Waals surface area contributed by atoms with Crippen molar-refractivity contribution in [3.05, 3.63) is 54.1 Å². The zero-order chi connectivity index (χ0) is 11.4. The third kappa shape index (κ3) is 2.73. The van der Waals surface area contributed by atoms with Crippen LogP contribution in [0, 0.1) is 5.82 Å². The highest BCUT2D eigenvalue weighted by Crippen LogP contribution is 2.28. The van der Waals surface area contributed by atoms with Crippen LogP contribution in [-0.2, 0) is 5.75 Å². The fourth-order valence-corrected chi connectivity index (χ4v) is 2.18. The van der Waals surface area contributed by atoms with Gasteiger partial charge in [0.15, 0.2) is 0 Å². The largest absolute Gasteiger partial charge is 0.398 e. The molecule has 0 unspecified atom stereocenters. The molecule has 0 radical (unpaired) electrons. The molecule has 82 valence electrons. The van der Waals surface area contributed by atoms with Crippen LogP contribution in [0.25, 0.3) is 0 Å². The van der Waals surface area contributed by atoms with Gasteiger partial charge in [-0.2, -0.15) is 0 Å². The summed E-state index contributed by atoms with van der Waals surface area (Å²) >= 11 is 1.58. The lowest BCUT2D eigenvalue weighted by atomic mass is 10.3. The van der Waals surface area contributed by atoms with E-state index in [2.05, 4.69) is 4.98 Å². The summed E-state index contributed by atoms with van der Waals surface area (Å²) in [5.41, 5.74) is 7.31. The molecule has 0 saturated heterocycles. The van der Waals surface area contributed by atoms with Gasteiger partial charge in [0.2, 0.25) is 0 Å². The van der Waals surface area contributed by atoms with E-state index >= 15 is 0 Å². The summed E-state index contributed by atoms with van der Waals surface area (Å²) in [6.07, 6.45) is 3.55. The molecule has 2 rings (SSSR count). The van der Waals surface area contributed by atoms with Gasteiger partial charge in [0.05, 0.1) is 0 Å². The molecule has 0 bridgehead atoms. The van der Waals surface area contributed by atoms with Gasteiger partial charge in [0.25, 0.3) is 0 Å². The molecule has 0 fully saturated rings. The zero-order valence-corrected chi connectivity index (χ0v) is 9.38. The van der Waals surface area contributed by atoms with Crippen molar-refractivity contribution in [1.29, 1.82) is 0 Å². The molecule has 1 aromatic carbocycles. The third-order valence-electron chi connectivity index (χ3n) is 2.09. The molecule has 0 aliphatic rings. The molecule has 0 aliphatic carbocycles. The van der Waals surface area contributed by atoms with Crippen LogP contribution < -0.4 is 5.73 Å². The first kappa shape index (κ1) is 11.0. The highest BCUT2D eigenvalue weighted by atomic mass is 32.2. The van der Waals surface area contributed by atoms with Gasteiger partial charge in [-0.05, 0) is 29.8 Å². The lowest BCUT2D eigenvalue weighted by Gasteiger charge is -2.05. The van der Waals surface area contributed by atoms with Crippen LogP contribution in [-0.4, -0.2) is 4.98 Å². The van der Waals surface area contributed by atoms with Crippen molar-refractivity contribution in [2.45, 2.75) is 10.6 Å². The minimum atomic E-state index is -0.303. The Kier molecular flexibility index (Phi) is 3.41. The SMILES string of the molecule is Nc1cc(F)ccc1SCc1cccnc1. The third-order valence-corrected chi connectivity index (χ3v) is 3.25. The standard InChI is InChI=1S/C12H11FN2S/c13-10-3-4-12(11(14)6-10)16-8-9-2-1-5-15-7-9/h1-7H,8,14H2. The quantitative estimate of drug-likeness (QED) is 0.655. The van der Waals surface area contributed by atoms with Crippen molar-refractivity contribution in [3.63, 3.8) is 0 Å². The van der Waals surface area contributed by atoms with Gasteiger partial charge < -0.3 is 5.73 Å². The second-order valence-electron chi connectivity index (χ2n) is 3.33. The van der Waals surface area contributed by atoms with Gasteiger partial charge in [-0.25, -0.2) is 4.39 Å². The van der Waals surface area contributed by atoms with Gasteiger partial charge in [-0.15, -0.1) is 11.8 Å². The summed E-state index contributed by atoms with van der Waals surface area (Å²) < 4.78 is 12.8. The maximum absolute atomic E-state index is 12.8. The number of hydrogen-bond acceptors (Lipinski definition) is 3. The van der Waals surface area contributed by atoms with Crippen LogP contribution in [0.2, 0.25) is 0 Å². The molecule has 0 amide bonds. The highest BCUT2D eigenvalue weighted by molar-refractivity contribution is 7.98.